The van der Waals surface area contributed by atoms with E-state index in [4.69, 9.17) is 4.74 Å². The molecule has 1 aliphatic carbocycles. The first-order chi connectivity index (χ1) is 17.0. The van der Waals surface area contributed by atoms with Gasteiger partial charge in [-0.05, 0) is 58.7 Å². The molecule has 1 heterocycles. The molecule has 0 bridgehead atoms. The Balaban J connectivity index is 1.27. The van der Waals surface area contributed by atoms with Crippen molar-refractivity contribution in [3.63, 3.8) is 0 Å². The van der Waals surface area contributed by atoms with Crippen molar-refractivity contribution in [3.05, 3.63) is 108 Å². The van der Waals surface area contributed by atoms with Gasteiger partial charge in [0.25, 0.3) is 0 Å². The molecule has 1 aliphatic rings. The van der Waals surface area contributed by atoms with Gasteiger partial charge in [0.1, 0.15) is 18.4 Å². The van der Waals surface area contributed by atoms with E-state index in [1.165, 1.54) is 0 Å². The molecule has 3 aromatic carbocycles. The van der Waals surface area contributed by atoms with Crippen molar-refractivity contribution >= 4 is 12.1 Å². The van der Waals surface area contributed by atoms with Crippen LogP contribution in [-0.2, 0) is 16.0 Å². The fraction of sp³-hybridized carbons (Fsp3) is 0.143. The molecule has 7 nitrogen and oxygen atoms in total. The number of ether oxygens (including phenoxy) is 1. The molecule has 4 aromatic rings. The lowest BCUT2D eigenvalue weighted by Crippen LogP contribution is -2.43. The first kappa shape index (κ1) is 22.3. The van der Waals surface area contributed by atoms with Crippen molar-refractivity contribution in [2.24, 2.45) is 0 Å². The van der Waals surface area contributed by atoms with Gasteiger partial charge in [0.15, 0.2) is 0 Å². The number of aliphatic carboxylic acids is 1. The number of aromatic hydroxyl groups is 1. The van der Waals surface area contributed by atoms with Crippen LogP contribution in [0.15, 0.2) is 91.1 Å². The number of aromatic nitrogens is 1. The number of carbonyl (C=O) groups excluding carboxylic acids is 1. The topological polar surface area (TPSA) is 101 Å². The Hall–Kier alpha value is -4.52. The van der Waals surface area contributed by atoms with E-state index in [1.54, 1.807) is 42.6 Å². The van der Waals surface area contributed by atoms with Gasteiger partial charge in [-0.1, -0.05) is 48.5 Å². The first-order valence-electron chi connectivity index (χ1n) is 11.3. The Morgan fingerprint density at radius 1 is 0.886 bits per heavy atom. The van der Waals surface area contributed by atoms with Crippen molar-refractivity contribution in [1.29, 1.82) is 0 Å². The number of alkyl carbamates (subject to hydrolysis) is 1. The number of carboxylic acids is 1. The minimum Gasteiger partial charge on any atom is -0.508 e. The average molecular weight is 469 g/mol. The summed E-state index contributed by atoms with van der Waals surface area (Å²) in [6, 6.07) is 25.0. The van der Waals surface area contributed by atoms with E-state index in [-0.39, 0.29) is 24.7 Å². The summed E-state index contributed by atoms with van der Waals surface area (Å²) in [5.74, 6) is -1.12. The van der Waals surface area contributed by atoms with Crippen molar-refractivity contribution in [1.82, 2.24) is 9.88 Å². The number of hydrogen-bond donors (Lipinski definition) is 3. The molecule has 0 saturated carbocycles. The van der Waals surface area contributed by atoms with Crippen LogP contribution in [0.2, 0.25) is 0 Å². The third-order valence-electron chi connectivity index (χ3n) is 6.31. The number of carboxylic acid groups (broad SMARTS) is 1. The third kappa shape index (κ3) is 4.48. The average Bonchev–Trinajstić information content (AvgIpc) is 3.45. The van der Waals surface area contributed by atoms with Crippen molar-refractivity contribution < 1.29 is 24.5 Å². The van der Waals surface area contributed by atoms with Crippen LogP contribution in [0.25, 0.3) is 16.8 Å². The molecule has 7 heteroatoms. The third-order valence-corrected chi connectivity index (χ3v) is 6.31. The summed E-state index contributed by atoms with van der Waals surface area (Å²) in [5, 5.41) is 21.8. The normalized spacial score (nSPS) is 13.0. The molecule has 1 atom stereocenters. The Bertz CT molecular complexity index is 1330. The highest BCUT2D eigenvalue weighted by molar-refractivity contribution is 5.81. The van der Waals surface area contributed by atoms with Crippen LogP contribution >= 0.6 is 0 Å². The molecule has 0 aliphatic heterocycles. The maximum absolute atomic E-state index is 12.6. The molecule has 5 rings (SSSR count). The number of fused-ring (bicyclic) bond motifs is 3. The Labute approximate surface area is 202 Å². The number of nitrogens with zero attached hydrogens (tertiary/aromatic N) is 1. The number of carbonyl (C=O) groups is 2. The van der Waals surface area contributed by atoms with Gasteiger partial charge in [-0.3, -0.25) is 0 Å². The Morgan fingerprint density at radius 3 is 2.14 bits per heavy atom. The zero-order valence-electron chi connectivity index (χ0n) is 18.8. The monoisotopic (exact) mass is 468 g/mol. The van der Waals surface area contributed by atoms with Gasteiger partial charge < -0.3 is 24.8 Å². The zero-order chi connectivity index (χ0) is 24.4. The van der Waals surface area contributed by atoms with Gasteiger partial charge in [-0.15, -0.1) is 0 Å². The minimum absolute atomic E-state index is 0.0629. The van der Waals surface area contributed by atoms with Crippen LogP contribution in [0.5, 0.6) is 5.75 Å². The van der Waals surface area contributed by atoms with Crippen LogP contribution in [0, 0.1) is 0 Å². The van der Waals surface area contributed by atoms with E-state index in [9.17, 15) is 19.8 Å². The molecule has 1 amide bonds. The summed E-state index contributed by atoms with van der Waals surface area (Å²) < 4.78 is 7.33. The molecular formula is C28H24N2O5. The smallest absolute Gasteiger partial charge is 0.407 e. The Kier molecular flexibility index (Phi) is 5.97. The summed E-state index contributed by atoms with van der Waals surface area (Å²) in [4.78, 5) is 24.6. The summed E-state index contributed by atoms with van der Waals surface area (Å²) in [5.41, 5.74) is 5.88. The van der Waals surface area contributed by atoms with Gasteiger partial charge >= 0.3 is 12.1 Å². The lowest BCUT2D eigenvalue weighted by Gasteiger charge is -2.18. The predicted octanol–water partition coefficient (Wildman–Crippen LogP) is 4.72. The maximum atomic E-state index is 12.6. The summed E-state index contributed by atoms with van der Waals surface area (Å²) in [6.07, 6.45) is 1.09. The lowest BCUT2D eigenvalue weighted by atomic mass is 9.98. The number of phenolic OH excluding ortho intramolecular Hbond substituents is 1. The molecule has 1 aromatic heterocycles. The molecule has 35 heavy (non-hydrogen) atoms. The quantitative estimate of drug-likeness (QED) is 0.365. The second-order valence-corrected chi connectivity index (χ2v) is 8.45. The predicted molar refractivity (Wildman–Crippen MR) is 131 cm³/mol. The van der Waals surface area contributed by atoms with E-state index in [0.29, 0.717) is 5.69 Å². The highest BCUT2D eigenvalue weighted by Crippen LogP contribution is 2.44. The number of phenols is 1. The SMILES string of the molecule is O=C(NC(Cc1cccn1-c1ccc(O)cc1)C(=O)O)OCC1c2ccccc2-c2ccccc21. The van der Waals surface area contributed by atoms with Crippen LogP contribution in [0.3, 0.4) is 0 Å². The minimum atomic E-state index is -1.17. The van der Waals surface area contributed by atoms with Crippen molar-refractivity contribution in [2.45, 2.75) is 18.4 Å². The van der Waals surface area contributed by atoms with Gasteiger partial charge in [0.05, 0.1) is 0 Å². The molecule has 3 N–H and O–H groups in total. The highest BCUT2D eigenvalue weighted by atomic mass is 16.5. The molecule has 1 unspecified atom stereocenters. The van der Waals surface area contributed by atoms with E-state index in [2.05, 4.69) is 17.4 Å². The maximum Gasteiger partial charge on any atom is 0.407 e. The van der Waals surface area contributed by atoms with Crippen LogP contribution in [-0.4, -0.2) is 39.5 Å². The largest absolute Gasteiger partial charge is 0.508 e. The second kappa shape index (κ2) is 9.38. The van der Waals surface area contributed by atoms with Crippen molar-refractivity contribution in [3.8, 4) is 22.6 Å². The number of hydrogen-bond acceptors (Lipinski definition) is 4. The number of amides is 1. The number of nitrogens with one attached hydrogen (secondary N) is 1. The molecule has 0 saturated heterocycles. The van der Waals surface area contributed by atoms with E-state index in [1.807, 2.05) is 41.0 Å². The van der Waals surface area contributed by atoms with Gasteiger partial charge in [-0.25, -0.2) is 9.59 Å². The van der Waals surface area contributed by atoms with Crippen LogP contribution < -0.4 is 5.32 Å². The molecule has 0 radical (unpaired) electrons. The second-order valence-electron chi connectivity index (χ2n) is 8.45. The van der Waals surface area contributed by atoms with E-state index >= 15 is 0 Å². The van der Waals surface area contributed by atoms with Gasteiger partial charge in [-0.2, -0.15) is 0 Å². The highest BCUT2D eigenvalue weighted by Gasteiger charge is 2.30. The zero-order valence-corrected chi connectivity index (χ0v) is 18.8. The summed E-state index contributed by atoms with van der Waals surface area (Å²) in [6.45, 7) is 0.107. The first-order valence-corrected chi connectivity index (χ1v) is 11.3. The van der Waals surface area contributed by atoms with Gasteiger partial charge in [0.2, 0.25) is 0 Å². The summed E-state index contributed by atoms with van der Waals surface area (Å²) >= 11 is 0. The van der Waals surface area contributed by atoms with Crippen LogP contribution in [0.1, 0.15) is 22.7 Å². The Morgan fingerprint density at radius 2 is 1.51 bits per heavy atom. The van der Waals surface area contributed by atoms with E-state index < -0.39 is 18.1 Å². The lowest BCUT2D eigenvalue weighted by molar-refractivity contribution is -0.139. The number of benzene rings is 3. The van der Waals surface area contributed by atoms with Crippen LogP contribution in [0.4, 0.5) is 4.79 Å². The fourth-order valence-corrected chi connectivity index (χ4v) is 4.64. The summed E-state index contributed by atoms with van der Waals surface area (Å²) in [7, 11) is 0. The fourth-order valence-electron chi connectivity index (χ4n) is 4.64. The molecule has 0 fully saturated rings. The molecule has 0 spiro atoms. The number of rotatable bonds is 7. The molecular weight excluding hydrogens is 444 g/mol. The van der Waals surface area contributed by atoms with Crippen molar-refractivity contribution in [2.75, 3.05) is 6.61 Å². The van der Waals surface area contributed by atoms with Gasteiger partial charge in [0, 0.05) is 29.9 Å². The standard InChI is InChI=1S/C28H24N2O5/c31-20-13-11-18(12-14-20)30-15-5-6-19(30)16-26(27(32)33)29-28(34)35-17-25-23-9-3-1-7-21(23)22-8-2-4-10-24(22)25/h1-15,25-26,31H,16-17H2,(H,29,34)(H,32,33). The van der Waals surface area contributed by atoms with E-state index in [0.717, 1.165) is 27.9 Å². The molecule has 176 valence electrons.